The highest BCUT2D eigenvalue weighted by Crippen LogP contribution is 2.50. The first-order chi connectivity index (χ1) is 15.4. The molecule has 0 spiro atoms. The number of anilines is 1. The fourth-order valence-electron chi connectivity index (χ4n) is 4.09. The molecule has 1 atom stereocenters. The molecule has 9 heteroatoms. The Bertz CT molecular complexity index is 1040. The average molecular weight is 462 g/mol. The molecule has 1 aliphatic carbocycles. The van der Waals surface area contributed by atoms with E-state index in [2.05, 4.69) is 5.32 Å². The second kappa shape index (κ2) is 8.88. The summed E-state index contributed by atoms with van der Waals surface area (Å²) in [5.74, 6) is -3.98. The van der Waals surface area contributed by atoms with E-state index in [0.29, 0.717) is 16.3 Å². The first-order valence-corrected chi connectivity index (χ1v) is 10.7. The van der Waals surface area contributed by atoms with E-state index in [9.17, 15) is 14.7 Å². The van der Waals surface area contributed by atoms with E-state index in [1.807, 2.05) is 0 Å². The molecule has 0 bridgehead atoms. The molecule has 0 fully saturated rings. The maximum atomic E-state index is 12.5. The van der Waals surface area contributed by atoms with Crippen LogP contribution < -0.4 is 14.8 Å². The molecule has 8 nitrogen and oxygen atoms in total. The third-order valence-corrected chi connectivity index (χ3v) is 5.92. The number of nitrogens with one attached hydrogen (secondary N) is 1. The van der Waals surface area contributed by atoms with E-state index in [1.54, 1.807) is 30.3 Å². The minimum absolute atomic E-state index is 0.149. The van der Waals surface area contributed by atoms with Crippen LogP contribution in [0.1, 0.15) is 35.6 Å². The summed E-state index contributed by atoms with van der Waals surface area (Å²) in [4.78, 5) is 24.9. The molecule has 0 saturated heterocycles. The molecular formula is C23H24ClNO7. The molecule has 1 aliphatic heterocycles. The normalized spacial score (nSPS) is 16.6. The number of halogens is 1. The molecule has 0 radical (unpaired) electrons. The lowest BCUT2D eigenvalue weighted by atomic mass is 9.89. The summed E-state index contributed by atoms with van der Waals surface area (Å²) in [5.41, 5.74) is 3.27. The van der Waals surface area contributed by atoms with Crippen molar-refractivity contribution >= 4 is 29.2 Å². The molecule has 0 aromatic heterocycles. The van der Waals surface area contributed by atoms with E-state index in [1.165, 1.54) is 0 Å². The van der Waals surface area contributed by atoms with Crippen molar-refractivity contribution in [1.29, 1.82) is 0 Å². The maximum Gasteiger partial charge on any atom is 0.453 e. The van der Waals surface area contributed by atoms with Crippen LogP contribution in [0.15, 0.2) is 30.3 Å². The zero-order valence-corrected chi connectivity index (χ0v) is 18.5. The fourth-order valence-corrected chi connectivity index (χ4v) is 4.29. The van der Waals surface area contributed by atoms with Gasteiger partial charge in [0.1, 0.15) is 0 Å². The Hall–Kier alpha value is -2.97. The second-order valence-corrected chi connectivity index (χ2v) is 8.12. The van der Waals surface area contributed by atoms with Gasteiger partial charge in [-0.2, -0.15) is 0 Å². The van der Waals surface area contributed by atoms with Gasteiger partial charge in [0.15, 0.2) is 11.5 Å². The van der Waals surface area contributed by atoms with Gasteiger partial charge in [-0.1, -0.05) is 23.7 Å². The van der Waals surface area contributed by atoms with Crippen molar-refractivity contribution in [2.24, 2.45) is 0 Å². The number of aliphatic hydroxyl groups is 1. The van der Waals surface area contributed by atoms with Crippen LogP contribution in [0.4, 0.5) is 5.69 Å². The predicted molar refractivity (Wildman–Crippen MR) is 116 cm³/mol. The minimum Gasteiger partial charge on any atom is -0.463 e. The van der Waals surface area contributed by atoms with Crippen LogP contribution in [0.25, 0.3) is 0 Å². The van der Waals surface area contributed by atoms with Crippen LogP contribution in [-0.2, 0) is 31.9 Å². The van der Waals surface area contributed by atoms with Gasteiger partial charge in [-0.05, 0) is 60.6 Å². The predicted octanol–water partition coefficient (Wildman–Crippen LogP) is 3.18. The number of rotatable bonds is 6. The van der Waals surface area contributed by atoms with Crippen LogP contribution >= 0.6 is 11.6 Å². The topological polar surface area (TPSA) is 103 Å². The first kappa shape index (κ1) is 22.2. The Balaban J connectivity index is 1.70. The number of benzene rings is 2. The van der Waals surface area contributed by atoms with Gasteiger partial charge in [0, 0.05) is 11.6 Å². The van der Waals surface area contributed by atoms with Gasteiger partial charge in [0.05, 0.1) is 26.0 Å². The lowest BCUT2D eigenvalue weighted by Crippen LogP contribution is -2.55. The third-order valence-electron chi connectivity index (χ3n) is 5.68. The van der Waals surface area contributed by atoms with Gasteiger partial charge in [0.2, 0.25) is 0 Å². The Morgan fingerprint density at radius 3 is 2.56 bits per heavy atom. The highest BCUT2D eigenvalue weighted by atomic mass is 35.5. The molecule has 4 rings (SSSR count). The molecule has 1 heterocycles. The smallest absolute Gasteiger partial charge is 0.453 e. The molecule has 0 amide bonds. The van der Waals surface area contributed by atoms with Gasteiger partial charge < -0.3 is 29.4 Å². The van der Waals surface area contributed by atoms with Crippen molar-refractivity contribution in [2.75, 3.05) is 26.1 Å². The van der Waals surface area contributed by atoms with E-state index in [-0.39, 0.29) is 18.0 Å². The number of aliphatic hydroxyl groups excluding tert-OH is 1. The van der Waals surface area contributed by atoms with Crippen molar-refractivity contribution in [3.63, 3.8) is 0 Å². The summed E-state index contributed by atoms with van der Waals surface area (Å²) >= 11 is 6.04. The molecule has 32 heavy (non-hydrogen) atoms. The highest BCUT2D eigenvalue weighted by Gasteiger charge is 2.60. The van der Waals surface area contributed by atoms with Gasteiger partial charge in [-0.3, -0.25) is 0 Å². The van der Waals surface area contributed by atoms with Crippen molar-refractivity contribution < 1.29 is 33.6 Å². The van der Waals surface area contributed by atoms with E-state index in [4.69, 9.17) is 30.5 Å². The van der Waals surface area contributed by atoms with E-state index in [0.717, 1.165) is 51.0 Å². The Morgan fingerprint density at radius 1 is 1.16 bits per heavy atom. The number of esters is 2. The number of aryl methyl sites for hydroxylation is 1. The van der Waals surface area contributed by atoms with Crippen molar-refractivity contribution in [2.45, 2.75) is 37.6 Å². The van der Waals surface area contributed by atoms with Crippen molar-refractivity contribution in [1.82, 2.24) is 0 Å². The Kier molecular flexibility index (Phi) is 6.17. The quantitative estimate of drug-likeness (QED) is 0.499. The molecule has 2 aromatic carbocycles. The van der Waals surface area contributed by atoms with E-state index < -0.39 is 23.8 Å². The van der Waals surface area contributed by atoms with Gasteiger partial charge in [-0.15, -0.1) is 0 Å². The average Bonchev–Trinajstić information content (AvgIpc) is 3.20. The summed E-state index contributed by atoms with van der Waals surface area (Å²) in [5, 5.41) is 14.4. The number of hydrogen-bond acceptors (Lipinski definition) is 8. The molecule has 2 aromatic rings. The van der Waals surface area contributed by atoms with E-state index >= 15 is 0 Å². The number of ether oxygens (including phenoxy) is 4. The van der Waals surface area contributed by atoms with Crippen LogP contribution in [0.3, 0.4) is 0 Å². The highest BCUT2D eigenvalue weighted by molar-refractivity contribution is 6.30. The monoisotopic (exact) mass is 461 g/mol. The molecule has 2 N–H and O–H groups in total. The number of fused-ring (bicyclic) bond motifs is 2. The summed E-state index contributed by atoms with van der Waals surface area (Å²) in [6.45, 7) is 0.149. The number of hydrogen-bond donors (Lipinski definition) is 2. The number of methoxy groups -OCH3 is 2. The lowest BCUT2D eigenvalue weighted by molar-refractivity contribution is -0.199. The van der Waals surface area contributed by atoms with Gasteiger partial charge in [-0.25, -0.2) is 9.59 Å². The van der Waals surface area contributed by atoms with Crippen LogP contribution in [0.2, 0.25) is 5.02 Å². The SMILES string of the molecule is COC(=O)C1(C(=O)OC)Oc2cc3c(c(NCC(O)c4cccc(Cl)c4)c2O1)CCCC3. The third kappa shape index (κ3) is 3.84. The minimum atomic E-state index is -2.38. The number of carbonyl (C=O) groups is 2. The Morgan fingerprint density at radius 2 is 1.88 bits per heavy atom. The van der Waals surface area contributed by atoms with Gasteiger partial charge in [0.25, 0.3) is 0 Å². The standard InChI is InChI=1S/C23H24ClNO7/c1-29-21(27)23(22(28)30-2)31-18-11-13-6-3-4-9-16(13)19(20(18)32-23)25-12-17(26)14-7-5-8-15(24)10-14/h5,7-8,10-11,17,25-26H,3-4,6,9,12H2,1-2H3. The van der Waals surface area contributed by atoms with Crippen LogP contribution in [0, 0.1) is 0 Å². The lowest BCUT2D eigenvalue weighted by Gasteiger charge is -2.23. The van der Waals surface area contributed by atoms with Crippen molar-refractivity contribution in [3.8, 4) is 11.5 Å². The zero-order valence-electron chi connectivity index (χ0n) is 17.8. The molecular weight excluding hydrogens is 438 g/mol. The number of carbonyl (C=O) groups excluding carboxylic acids is 2. The Labute approximate surface area is 190 Å². The largest absolute Gasteiger partial charge is 0.463 e. The summed E-state index contributed by atoms with van der Waals surface area (Å²) < 4.78 is 21.1. The van der Waals surface area contributed by atoms with Gasteiger partial charge >= 0.3 is 17.7 Å². The second-order valence-electron chi connectivity index (χ2n) is 7.68. The van der Waals surface area contributed by atoms with Crippen molar-refractivity contribution in [3.05, 3.63) is 52.0 Å². The summed E-state index contributed by atoms with van der Waals surface area (Å²) in [7, 11) is 2.27. The summed E-state index contributed by atoms with van der Waals surface area (Å²) in [6.07, 6.45) is 2.75. The van der Waals surface area contributed by atoms with Crippen LogP contribution in [0.5, 0.6) is 11.5 Å². The fraction of sp³-hybridized carbons (Fsp3) is 0.391. The maximum absolute atomic E-state index is 12.5. The zero-order chi connectivity index (χ0) is 22.9. The molecule has 1 unspecified atom stereocenters. The van der Waals surface area contributed by atoms with Crippen LogP contribution in [-0.4, -0.2) is 43.6 Å². The molecule has 170 valence electrons. The summed E-state index contributed by atoms with van der Waals surface area (Å²) in [6, 6.07) is 8.76. The molecule has 2 aliphatic rings. The first-order valence-electron chi connectivity index (χ1n) is 10.3. The molecule has 0 saturated carbocycles.